The maximum absolute atomic E-state index is 4.72. The van der Waals surface area contributed by atoms with Crippen LogP contribution in [0.1, 0.15) is 29.1 Å². The van der Waals surface area contributed by atoms with Crippen LogP contribution in [0.5, 0.6) is 0 Å². The number of hydrogen-bond donors (Lipinski definition) is 1. The van der Waals surface area contributed by atoms with E-state index in [9.17, 15) is 0 Å². The zero-order chi connectivity index (χ0) is 15.3. The van der Waals surface area contributed by atoms with Crippen LogP contribution in [-0.2, 0) is 5.41 Å². The SMILES string of the molecule is Cc1nc(C)c(C)c(N2CCC3(CNc4ccccc43)C2)n1. The number of fused-ring (bicyclic) bond motifs is 2. The van der Waals surface area contributed by atoms with E-state index >= 15 is 0 Å². The summed E-state index contributed by atoms with van der Waals surface area (Å²) in [5, 5.41) is 3.58. The molecule has 1 saturated heterocycles. The highest BCUT2D eigenvalue weighted by molar-refractivity contribution is 5.63. The monoisotopic (exact) mass is 294 g/mol. The lowest BCUT2D eigenvalue weighted by Crippen LogP contribution is -2.33. The van der Waals surface area contributed by atoms with Crippen LogP contribution in [0.3, 0.4) is 0 Å². The van der Waals surface area contributed by atoms with Crippen LogP contribution in [0.15, 0.2) is 24.3 Å². The van der Waals surface area contributed by atoms with Crippen LogP contribution in [0.25, 0.3) is 0 Å². The number of rotatable bonds is 1. The average molecular weight is 294 g/mol. The minimum absolute atomic E-state index is 0.232. The minimum Gasteiger partial charge on any atom is -0.384 e. The Hall–Kier alpha value is -2.10. The van der Waals surface area contributed by atoms with E-state index in [1.165, 1.54) is 23.2 Å². The van der Waals surface area contributed by atoms with E-state index in [0.717, 1.165) is 37.0 Å². The summed E-state index contributed by atoms with van der Waals surface area (Å²) in [6.07, 6.45) is 1.18. The molecule has 0 saturated carbocycles. The Morgan fingerprint density at radius 1 is 1.14 bits per heavy atom. The number of para-hydroxylation sites is 1. The van der Waals surface area contributed by atoms with Crippen LogP contribution in [-0.4, -0.2) is 29.6 Å². The summed E-state index contributed by atoms with van der Waals surface area (Å²) in [6.45, 7) is 9.32. The van der Waals surface area contributed by atoms with Gasteiger partial charge < -0.3 is 10.2 Å². The Labute approximate surface area is 131 Å². The van der Waals surface area contributed by atoms with Crippen molar-refractivity contribution in [3.63, 3.8) is 0 Å². The van der Waals surface area contributed by atoms with E-state index in [0.29, 0.717) is 0 Å². The van der Waals surface area contributed by atoms with Crippen molar-refractivity contribution in [1.29, 1.82) is 0 Å². The van der Waals surface area contributed by atoms with E-state index in [2.05, 4.69) is 53.3 Å². The van der Waals surface area contributed by atoms with Gasteiger partial charge in [-0.3, -0.25) is 0 Å². The standard InChI is InChI=1S/C18H22N4/c1-12-13(2)20-14(3)21-17(12)22-9-8-18(11-22)10-19-16-7-5-4-6-15(16)18/h4-7,19H,8-11H2,1-3H3. The summed E-state index contributed by atoms with van der Waals surface area (Å²) < 4.78 is 0. The second kappa shape index (κ2) is 4.70. The quantitative estimate of drug-likeness (QED) is 0.878. The summed E-state index contributed by atoms with van der Waals surface area (Å²) >= 11 is 0. The van der Waals surface area contributed by atoms with E-state index in [1.807, 2.05) is 6.92 Å². The van der Waals surface area contributed by atoms with Gasteiger partial charge in [0.15, 0.2) is 0 Å². The fourth-order valence-electron chi connectivity index (χ4n) is 3.94. The second-order valence-electron chi connectivity index (χ2n) is 6.66. The summed E-state index contributed by atoms with van der Waals surface area (Å²) in [7, 11) is 0. The third-order valence-corrected chi connectivity index (χ3v) is 5.24. The number of hydrogen-bond acceptors (Lipinski definition) is 4. The first kappa shape index (κ1) is 13.6. The summed E-state index contributed by atoms with van der Waals surface area (Å²) in [5.41, 5.74) is 5.31. The molecule has 2 aromatic rings. The largest absolute Gasteiger partial charge is 0.384 e. The van der Waals surface area contributed by atoms with Crippen molar-refractivity contribution in [3.8, 4) is 0 Å². The van der Waals surface area contributed by atoms with Crippen molar-refractivity contribution in [2.45, 2.75) is 32.6 Å². The predicted molar refractivity (Wildman–Crippen MR) is 89.7 cm³/mol. The highest BCUT2D eigenvalue weighted by atomic mass is 15.2. The number of aromatic nitrogens is 2. The molecule has 0 amide bonds. The van der Waals surface area contributed by atoms with Crippen LogP contribution >= 0.6 is 0 Å². The molecule has 0 bridgehead atoms. The number of anilines is 2. The van der Waals surface area contributed by atoms with Gasteiger partial charge in [-0.15, -0.1) is 0 Å². The van der Waals surface area contributed by atoms with E-state index in [4.69, 9.17) is 4.98 Å². The number of benzene rings is 1. The lowest BCUT2D eigenvalue weighted by Gasteiger charge is -2.26. The molecule has 1 aromatic carbocycles. The third-order valence-electron chi connectivity index (χ3n) is 5.24. The fourth-order valence-corrected chi connectivity index (χ4v) is 3.94. The highest BCUT2D eigenvalue weighted by Gasteiger charge is 2.44. The molecule has 1 unspecified atom stereocenters. The second-order valence-corrected chi connectivity index (χ2v) is 6.66. The smallest absolute Gasteiger partial charge is 0.135 e. The molecule has 1 aromatic heterocycles. The van der Waals surface area contributed by atoms with Crippen LogP contribution in [0, 0.1) is 20.8 Å². The number of aryl methyl sites for hydroxylation is 2. The zero-order valence-corrected chi connectivity index (χ0v) is 13.5. The van der Waals surface area contributed by atoms with Crippen molar-refractivity contribution in [2.75, 3.05) is 29.9 Å². The van der Waals surface area contributed by atoms with Gasteiger partial charge in [0.1, 0.15) is 11.6 Å². The predicted octanol–water partition coefficient (Wildman–Crippen LogP) is 2.98. The van der Waals surface area contributed by atoms with Gasteiger partial charge in [0.05, 0.1) is 0 Å². The molecule has 1 atom stereocenters. The van der Waals surface area contributed by atoms with Gasteiger partial charge in [-0.1, -0.05) is 18.2 Å². The zero-order valence-electron chi connectivity index (χ0n) is 13.5. The van der Waals surface area contributed by atoms with Crippen molar-refractivity contribution in [1.82, 2.24) is 9.97 Å². The number of nitrogens with zero attached hydrogens (tertiary/aromatic N) is 3. The molecule has 3 heterocycles. The van der Waals surface area contributed by atoms with Crippen LogP contribution < -0.4 is 10.2 Å². The Balaban J connectivity index is 1.70. The van der Waals surface area contributed by atoms with E-state index in [1.54, 1.807) is 0 Å². The molecule has 0 aliphatic carbocycles. The molecule has 114 valence electrons. The Bertz CT molecular complexity index is 740. The Kier molecular flexibility index (Phi) is 2.90. The molecule has 0 radical (unpaired) electrons. The maximum Gasteiger partial charge on any atom is 0.135 e. The van der Waals surface area contributed by atoms with Crippen molar-refractivity contribution in [3.05, 3.63) is 46.9 Å². The molecule has 22 heavy (non-hydrogen) atoms. The van der Waals surface area contributed by atoms with Gasteiger partial charge in [-0.25, -0.2) is 9.97 Å². The Morgan fingerprint density at radius 3 is 2.82 bits per heavy atom. The van der Waals surface area contributed by atoms with Gasteiger partial charge in [0.2, 0.25) is 0 Å². The first-order valence-electron chi connectivity index (χ1n) is 7.99. The van der Waals surface area contributed by atoms with Gasteiger partial charge in [-0.2, -0.15) is 0 Å². The molecule has 2 aliphatic heterocycles. The van der Waals surface area contributed by atoms with Gasteiger partial charge in [0, 0.05) is 42.0 Å². The molecule has 1 N–H and O–H groups in total. The molecule has 4 nitrogen and oxygen atoms in total. The van der Waals surface area contributed by atoms with Crippen molar-refractivity contribution in [2.24, 2.45) is 0 Å². The molecule has 1 fully saturated rings. The molecule has 4 rings (SSSR count). The fraction of sp³-hybridized carbons (Fsp3) is 0.444. The maximum atomic E-state index is 4.72. The summed E-state index contributed by atoms with van der Waals surface area (Å²) in [6, 6.07) is 8.73. The normalized spacial score (nSPS) is 23.0. The highest BCUT2D eigenvalue weighted by Crippen LogP contribution is 2.44. The molecular weight excluding hydrogens is 272 g/mol. The average Bonchev–Trinajstić information content (AvgIpc) is 3.10. The summed E-state index contributed by atoms with van der Waals surface area (Å²) in [5.74, 6) is 1.98. The number of nitrogens with one attached hydrogen (secondary N) is 1. The third kappa shape index (κ3) is 1.90. The van der Waals surface area contributed by atoms with Crippen molar-refractivity contribution < 1.29 is 0 Å². The van der Waals surface area contributed by atoms with Crippen LogP contribution in [0.2, 0.25) is 0 Å². The first-order valence-corrected chi connectivity index (χ1v) is 7.99. The Morgan fingerprint density at radius 2 is 1.95 bits per heavy atom. The van der Waals surface area contributed by atoms with Crippen molar-refractivity contribution >= 4 is 11.5 Å². The molecule has 1 spiro atoms. The summed E-state index contributed by atoms with van der Waals surface area (Å²) in [4.78, 5) is 11.6. The lowest BCUT2D eigenvalue weighted by molar-refractivity contribution is 0.528. The van der Waals surface area contributed by atoms with Gasteiger partial charge >= 0.3 is 0 Å². The molecular formula is C18H22N4. The van der Waals surface area contributed by atoms with Gasteiger partial charge in [0.25, 0.3) is 0 Å². The topological polar surface area (TPSA) is 41.1 Å². The minimum atomic E-state index is 0.232. The van der Waals surface area contributed by atoms with E-state index in [-0.39, 0.29) is 5.41 Å². The van der Waals surface area contributed by atoms with E-state index < -0.39 is 0 Å². The lowest BCUT2D eigenvalue weighted by atomic mass is 9.82. The van der Waals surface area contributed by atoms with Gasteiger partial charge in [-0.05, 0) is 38.8 Å². The van der Waals surface area contributed by atoms with Crippen LogP contribution in [0.4, 0.5) is 11.5 Å². The molecule has 4 heteroatoms. The first-order chi connectivity index (χ1) is 10.6. The molecule has 2 aliphatic rings.